The van der Waals surface area contributed by atoms with E-state index in [0.29, 0.717) is 22.0 Å². The van der Waals surface area contributed by atoms with E-state index >= 15 is 0 Å². The first-order valence-corrected chi connectivity index (χ1v) is 6.80. The van der Waals surface area contributed by atoms with Gasteiger partial charge in [0.25, 0.3) is 0 Å². The van der Waals surface area contributed by atoms with Crippen molar-refractivity contribution < 1.29 is 60.9 Å². The fraction of sp³-hybridized carbons (Fsp3) is 0. The number of nitrogens with zero attached hydrogens (tertiary/aromatic N) is 1. The van der Waals surface area contributed by atoms with Crippen LogP contribution in [0.15, 0.2) is 48.5 Å². The SMILES string of the molecule is [K+].[O-]/[N+](=C\c1ccccc1OC(=S)[S-])c1ccc(Cl)cc1. The number of thiocarbonyl (C=S) groups is 1. The molecule has 3 nitrogen and oxygen atoms in total. The number of ether oxygens (including phenoxy) is 1. The average molecular weight is 362 g/mol. The van der Waals surface area contributed by atoms with Crippen molar-refractivity contribution in [2.45, 2.75) is 0 Å². The van der Waals surface area contributed by atoms with Crippen LogP contribution in [0.5, 0.6) is 5.75 Å². The molecule has 0 saturated carbocycles. The van der Waals surface area contributed by atoms with Crippen LogP contribution in [0.1, 0.15) is 5.56 Å². The Morgan fingerprint density at radius 1 is 1.19 bits per heavy atom. The van der Waals surface area contributed by atoms with Gasteiger partial charge in [0, 0.05) is 21.5 Å². The van der Waals surface area contributed by atoms with Crippen molar-refractivity contribution in [3.05, 3.63) is 64.3 Å². The van der Waals surface area contributed by atoms with Crippen LogP contribution < -0.4 is 56.1 Å². The predicted molar refractivity (Wildman–Crippen MR) is 86.9 cm³/mol. The van der Waals surface area contributed by atoms with Gasteiger partial charge in [0.05, 0.1) is 5.56 Å². The smallest absolute Gasteiger partial charge is 0.618 e. The number of para-hydroxylation sites is 1. The van der Waals surface area contributed by atoms with Crippen molar-refractivity contribution in [1.29, 1.82) is 0 Å². The molecular weight excluding hydrogens is 353 g/mol. The summed E-state index contributed by atoms with van der Waals surface area (Å²) in [4.78, 5) is 0. The molecule has 2 rings (SSSR count). The molecule has 0 saturated heterocycles. The molecule has 0 radical (unpaired) electrons. The van der Waals surface area contributed by atoms with Crippen LogP contribution in [0.2, 0.25) is 5.02 Å². The molecular formula is C14H9ClKNO2S2. The molecule has 0 bridgehead atoms. The van der Waals surface area contributed by atoms with Crippen LogP contribution in [-0.4, -0.2) is 15.3 Å². The second-order valence-electron chi connectivity index (χ2n) is 3.82. The van der Waals surface area contributed by atoms with E-state index in [4.69, 9.17) is 41.2 Å². The number of halogens is 1. The molecule has 0 aliphatic heterocycles. The first-order chi connectivity index (χ1) is 9.56. The Morgan fingerprint density at radius 3 is 2.43 bits per heavy atom. The maximum atomic E-state index is 12.1. The Hall–Kier alpha value is -0.0536. The van der Waals surface area contributed by atoms with Crippen LogP contribution in [-0.2, 0) is 12.6 Å². The zero-order valence-electron chi connectivity index (χ0n) is 11.2. The topological polar surface area (TPSA) is 35.3 Å². The number of hydrogen-bond donors (Lipinski definition) is 0. The molecule has 0 atom stereocenters. The van der Waals surface area contributed by atoms with Crippen LogP contribution in [0.3, 0.4) is 0 Å². The average Bonchev–Trinajstić information content (AvgIpc) is 2.41. The van der Waals surface area contributed by atoms with E-state index in [2.05, 4.69) is 0 Å². The summed E-state index contributed by atoms with van der Waals surface area (Å²) in [7, 11) is 0. The van der Waals surface area contributed by atoms with E-state index in [1.54, 1.807) is 48.5 Å². The normalized spacial score (nSPS) is 10.6. The van der Waals surface area contributed by atoms with Gasteiger partial charge in [0.15, 0.2) is 6.21 Å². The van der Waals surface area contributed by atoms with Gasteiger partial charge in [-0.25, -0.2) is 0 Å². The summed E-state index contributed by atoms with van der Waals surface area (Å²) in [5.74, 6) is 0.447. The van der Waals surface area contributed by atoms with Gasteiger partial charge < -0.3 is 34.8 Å². The monoisotopic (exact) mass is 361 g/mol. The molecule has 0 aliphatic carbocycles. The van der Waals surface area contributed by atoms with E-state index in [9.17, 15) is 5.21 Å². The van der Waals surface area contributed by atoms with Crippen LogP contribution in [0, 0.1) is 5.21 Å². The zero-order valence-corrected chi connectivity index (χ0v) is 16.7. The van der Waals surface area contributed by atoms with Crippen LogP contribution in [0.4, 0.5) is 5.69 Å². The van der Waals surface area contributed by atoms with Crippen LogP contribution in [0.25, 0.3) is 0 Å². The van der Waals surface area contributed by atoms with E-state index in [-0.39, 0.29) is 55.8 Å². The van der Waals surface area contributed by atoms with E-state index in [1.165, 1.54) is 6.21 Å². The van der Waals surface area contributed by atoms with Gasteiger partial charge in [-0.05, 0) is 24.3 Å². The number of benzene rings is 2. The zero-order chi connectivity index (χ0) is 14.5. The third kappa shape index (κ3) is 5.92. The van der Waals surface area contributed by atoms with Crippen molar-refractivity contribution in [2.75, 3.05) is 0 Å². The summed E-state index contributed by atoms with van der Waals surface area (Å²) in [5, 5.41) is 12.6. The van der Waals surface area contributed by atoms with Crippen molar-refractivity contribution in [3.8, 4) is 5.75 Å². The molecule has 0 aliphatic rings. The Labute approximate surface area is 181 Å². The summed E-state index contributed by atoms with van der Waals surface area (Å²) in [5.41, 5.74) is 1.05. The predicted octanol–water partition coefficient (Wildman–Crippen LogP) is 0.816. The molecule has 7 heteroatoms. The van der Waals surface area contributed by atoms with E-state index in [1.807, 2.05) is 0 Å². The standard InChI is InChI=1S/C14H10ClNO2S2.K/c15-11-5-7-12(8-6-11)16(17)9-10-3-1-2-4-13(10)18-14(19)20;/h1-9H,(H,19,20);/q;+1/p-1/b16-9-;. The molecule has 0 spiro atoms. The molecule has 0 unspecified atom stereocenters. The first-order valence-electron chi connectivity index (χ1n) is 5.61. The molecule has 0 aromatic heterocycles. The van der Waals surface area contributed by atoms with Gasteiger partial charge in [-0.2, -0.15) is 4.74 Å². The summed E-state index contributed by atoms with van der Waals surface area (Å²) in [6, 6.07) is 13.6. The maximum absolute atomic E-state index is 12.1. The third-order valence-electron chi connectivity index (χ3n) is 2.45. The molecule has 102 valence electrons. The molecule has 21 heavy (non-hydrogen) atoms. The number of rotatable bonds is 3. The Morgan fingerprint density at radius 2 is 1.81 bits per heavy atom. The molecule has 2 aromatic carbocycles. The van der Waals surface area contributed by atoms with Crippen molar-refractivity contribution in [3.63, 3.8) is 0 Å². The molecule has 2 aromatic rings. The minimum atomic E-state index is -0.0187. The van der Waals surface area contributed by atoms with Crippen molar-refractivity contribution in [2.24, 2.45) is 0 Å². The second kappa shape index (κ2) is 9.17. The second-order valence-corrected chi connectivity index (χ2v) is 5.26. The van der Waals surface area contributed by atoms with Gasteiger partial charge in [0.1, 0.15) is 5.75 Å². The maximum Gasteiger partial charge on any atom is 1.00 e. The minimum Gasteiger partial charge on any atom is -0.618 e. The minimum absolute atomic E-state index is 0. The summed E-state index contributed by atoms with van der Waals surface area (Å²) in [6.45, 7) is 0. The van der Waals surface area contributed by atoms with Crippen molar-refractivity contribution >= 4 is 52.7 Å². The van der Waals surface area contributed by atoms with Gasteiger partial charge in [-0.15, -0.1) is 0 Å². The summed E-state index contributed by atoms with van der Waals surface area (Å²) < 4.78 is 5.94. The largest absolute Gasteiger partial charge is 1.00 e. The Balaban J connectivity index is 0.00000220. The fourth-order valence-electron chi connectivity index (χ4n) is 1.56. The quantitative estimate of drug-likeness (QED) is 0.154. The Kier molecular flexibility index (Phi) is 8.29. The molecule has 0 heterocycles. The summed E-state index contributed by atoms with van der Waals surface area (Å²) >= 11 is 15.2. The van der Waals surface area contributed by atoms with Gasteiger partial charge in [-0.3, -0.25) is 0 Å². The van der Waals surface area contributed by atoms with Gasteiger partial charge >= 0.3 is 51.4 Å². The first kappa shape index (κ1) is 19.0. The fourth-order valence-corrected chi connectivity index (χ4v) is 1.86. The van der Waals surface area contributed by atoms with Crippen molar-refractivity contribution in [1.82, 2.24) is 0 Å². The molecule has 0 N–H and O–H groups in total. The van der Waals surface area contributed by atoms with Crippen LogP contribution >= 0.6 is 23.8 Å². The van der Waals surface area contributed by atoms with Gasteiger partial charge in [-0.1, -0.05) is 23.7 Å². The van der Waals surface area contributed by atoms with E-state index < -0.39 is 0 Å². The summed E-state index contributed by atoms with van der Waals surface area (Å²) in [6.07, 6.45) is 1.40. The third-order valence-corrected chi connectivity index (χ3v) is 2.87. The van der Waals surface area contributed by atoms with Gasteiger partial charge in [0.2, 0.25) is 5.69 Å². The molecule has 0 fully saturated rings. The molecule has 0 amide bonds. The van der Waals surface area contributed by atoms with E-state index in [0.717, 1.165) is 4.74 Å². The number of hydrogen-bond acceptors (Lipinski definition) is 4. The Bertz CT molecular complexity index is 662.